The van der Waals surface area contributed by atoms with E-state index < -0.39 is 6.29 Å². The molecule has 2 rings (SSSR count). The number of rotatable bonds is 5. The van der Waals surface area contributed by atoms with E-state index in [0.717, 1.165) is 10.8 Å². The zero-order chi connectivity index (χ0) is 14.7. The Morgan fingerprint density at radius 3 is 2.05 bits per heavy atom. The Morgan fingerprint density at radius 1 is 0.850 bits per heavy atom. The molecule has 5 heteroatoms. The third-order valence-corrected chi connectivity index (χ3v) is 3.16. The Morgan fingerprint density at radius 2 is 1.50 bits per heavy atom. The molecular weight excluding hydrogens is 260 g/mol. The molecule has 0 saturated heterocycles. The summed E-state index contributed by atoms with van der Waals surface area (Å²) in [4.78, 5) is 0. The Labute approximate surface area is 117 Å². The Hall–Kier alpha value is -1.98. The van der Waals surface area contributed by atoms with Gasteiger partial charge in [-0.2, -0.15) is 0 Å². The lowest BCUT2D eigenvalue weighted by Crippen LogP contribution is -2.01. The zero-order valence-electron chi connectivity index (χ0n) is 12.0. The van der Waals surface area contributed by atoms with Gasteiger partial charge in [-0.25, -0.2) is 0 Å². The maximum atomic E-state index is 9.82. The number of benzene rings is 2. The minimum atomic E-state index is -1.01. The van der Waals surface area contributed by atoms with Gasteiger partial charge in [-0.15, -0.1) is 0 Å². The Bertz CT molecular complexity index is 609. The molecule has 108 valence electrons. The average Bonchev–Trinajstić information content (AvgIpc) is 2.51. The monoisotopic (exact) mass is 278 g/mol. The molecule has 0 aliphatic carbocycles. The van der Waals surface area contributed by atoms with Crippen LogP contribution in [0.1, 0.15) is 11.9 Å². The van der Waals surface area contributed by atoms with Crippen molar-refractivity contribution in [2.24, 2.45) is 0 Å². The Balaban J connectivity index is 2.76. The molecule has 0 saturated carbocycles. The van der Waals surface area contributed by atoms with Crippen molar-refractivity contribution in [3.8, 4) is 17.2 Å². The van der Waals surface area contributed by atoms with E-state index in [1.165, 1.54) is 7.11 Å². The summed E-state index contributed by atoms with van der Waals surface area (Å²) in [6.07, 6.45) is -1.01. The molecule has 2 aromatic carbocycles. The second-order valence-electron chi connectivity index (χ2n) is 4.24. The molecule has 0 aliphatic rings. The number of ether oxygens (including phenoxy) is 4. The van der Waals surface area contributed by atoms with Crippen molar-refractivity contribution in [3.63, 3.8) is 0 Å². The molecule has 5 nitrogen and oxygen atoms in total. The van der Waals surface area contributed by atoms with Gasteiger partial charge in [0.1, 0.15) is 17.2 Å². The van der Waals surface area contributed by atoms with Crippen LogP contribution in [0.4, 0.5) is 0 Å². The van der Waals surface area contributed by atoms with Gasteiger partial charge < -0.3 is 24.1 Å². The van der Waals surface area contributed by atoms with Gasteiger partial charge in [0.2, 0.25) is 0 Å². The van der Waals surface area contributed by atoms with E-state index in [9.17, 15) is 5.11 Å². The molecule has 0 bridgehead atoms. The lowest BCUT2D eigenvalue weighted by Gasteiger charge is -2.16. The van der Waals surface area contributed by atoms with Crippen LogP contribution in [0.3, 0.4) is 0 Å². The summed E-state index contributed by atoms with van der Waals surface area (Å²) in [5, 5.41) is 11.5. The van der Waals surface area contributed by atoms with Gasteiger partial charge >= 0.3 is 0 Å². The molecule has 0 aromatic heterocycles. The second kappa shape index (κ2) is 5.98. The molecule has 0 radical (unpaired) electrons. The van der Waals surface area contributed by atoms with Crippen LogP contribution in [0.25, 0.3) is 10.8 Å². The highest BCUT2D eigenvalue weighted by atomic mass is 16.6. The van der Waals surface area contributed by atoms with E-state index >= 15 is 0 Å². The lowest BCUT2D eigenvalue weighted by atomic mass is 10.0. The van der Waals surface area contributed by atoms with Crippen LogP contribution in [-0.2, 0) is 4.74 Å². The fraction of sp³-hybridized carbons (Fsp3) is 0.333. The van der Waals surface area contributed by atoms with Gasteiger partial charge in [-0.05, 0) is 23.6 Å². The van der Waals surface area contributed by atoms with Gasteiger partial charge in [0.15, 0.2) is 6.29 Å². The van der Waals surface area contributed by atoms with Crippen LogP contribution >= 0.6 is 0 Å². The topological polar surface area (TPSA) is 57.2 Å². The first-order chi connectivity index (χ1) is 9.64. The van der Waals surface area contributed by atoms with E-state index in [2.05, 4.69) is 0 Å². The number of methoxy groups -OCH3 is 4. The zero-order valence-corrected chi connectivity index (χ0v) is 12.0. The Kier molecular flexibility index (Phi) is 4.32. The molecule has 0 fully saturated rings. The number of aliphatic hydroxyl groups excluding tert-OH is 1. The van der Waals surface area contributed by atoms with E-state index in [0.29, 0.717) is 22.8 Å². The van der Waals surface area contributed by atoms with Gasteiger partial charge in [0.05, 0.1) is 26.7 Å². The van der Waals surface area contributed by atoms with Crippen molar-refractivity contribution in [2.45, 2.75) is 6.29 Å². The quantitative estimate of drug-likeness (QED) is 0.852. The van der Waals surface area contributed by atoms with E-state index in [1.807, 2.05) is 12.1 Å². The molecule has 0 amide bonds. The van der Waals surface area contributed by atoms with Gasteiger partial charge in [-0.3, -0.25) is 0 Å². The third kappa shape index (κ3) is 2.50. The van der Waals surface area contributed by atoms with E-state index in [4.69, 9.17) is 18.9 Å². The van der Waals surface area contributed by atoms with Crippen molar-refractivity contribution in [1.29, 1.82) is 0 Å². The fourth-order valence-electron chi connectivity index (χ4n) is 2.15. The number of hydrogen-bond acceptors (Lipinski definition) is 5. The maximum absolute atomic E-state index is 9.82. The molecule has 2 aromatic rings. The first-order valence-electron chi connectivity index (χ1n) is 6.09. The molecule has 0 heterocycles. The van der Waals surface area contributed by atoms with Crippen molar-refractivity contribution >= 4 is 10.8 Å². The third-order valence-electron chi connectivity index (χ3n) is 3.16. The second-order valence-corrected chi connectivity index (χ2v) is 4.24. The van der Waals surface area contributed by atoms with Crippen LogP contribution in [-0.4, -0.2) is 33.5 Å². The SMILES string of the molecule is COc1cc(OC)c2c(OC)cc(C(O)OC)cc2c1. The highest BCUT2D eigenvalue weighted by Crippen LogP contribution is 2.39. The largest absolute Gasteiger partial charge is 0.497 e. The van der Waals surface area contributed by atoms with Gasteiger partial charge in [0, 0.05) is 18.7 Å². The lowest BCUT2D eigenvalue weighted by molar-refractivity contribution is -0.0769. The smallest absolute Gasteiger partial charge is 0.180 e. The van der Waals surface area contributed by atoms with Crippen LogP contribution in [0.15, 0.2) is 24.3 Å². The van der Waals surface area contributed by atoms with Crippen LogP contribution in [0, 0.1) is 0 Å². The average molecular weight is 278 g/mol. The van der Waals surface area contributed by atoms with Crippen molar-refractivity contribution < 1.29 is 24.1 Å². The summed E-state index contributed by atoms with van der Waals surface area (Å²) < 4.78 is 21.0. The highest BCUT2D eigenvalue weighted by molar-refractivity contribution is 5.95. The first kappa shape index (κ1) is 14.4. The number of fused-ring (bicyclic) bond motifs is 1. The van der Waals surface area contributed by atoms with Gasteiger partial charge in [-0.1, -0.05) is 0 Å². The highest BCUT2D eigenvalue weighted by Gasteiger charge is 2.15. The van der Waals surface area contributed by atoms with Crippen molar-refractivity contribution in [3.05, 3.63) is 29.8 Å². The molecular formula is C15H18O5. The number of hydrogen-bond donors (Lipinski definition) is 1. The molecule has 0 spiro atoms. The van der Waals surface area contributed by atoms with Crippen LogP contribution in [0.5, 0.6) is 17.2 Å². The van der Waals surface area contributed by atoms with Crippen molar-refractivity contribution in [2.75, 3.05) is 28.4 Å². The summed E-state index contributed by atoms with van der Waals surface area (Å²) in [5.41, 5.74) is 0.604. The predicted octanol–water partition coefficient (Wildman–Crippen LogP) is 2.50. The minimum absolute atomic E-state index is 0.604. The fourth-order valence-corrected chi connectivity index (χ4v) is 2.15. The summed E-state index contributed by atoms with van der Waals surface area (Å²) in [7, 11) is 6.19. The molecule has 1 unspecified atom stereocenters. The normalized spacial score (nSPS) is 12.2. The van der Waals surface area contributed by atoms with E-state index in [1.54, 1.807) is 33.5 Å². The summed E-state index contributed by atoms with van der Waals surface area (Å²) in [6.45, 7) is 0. The molecule has 1 atom stereocenters. The predicted molar refractivity (Wildman–Crippen MR) is 75.6 cm³/mol. The van der Waals surface area contributed by atoms with Crippen LogP contribution in [0.2, 0.25) is 0 Å². The van der Waals surface area contributed by atoms with Crippen molar-refractivity contribution in [1.82, 2.24) is 0 Å². The minimum Gasteiger partial charge on any atom is -0.497 e. The standard InChI is InChI=1S/C15H18O5/c1-17-11-6-9-5-10(15(16)20-4)7-12(18-2)14(9)13(8-11)19-3/h5-8,15-16H,1-4H3. The maximum Gasteiger partial charge on any atom is 0.180 e. The molecule has 0 aliphatic heterocycles. The van der Waals surface area contributed by atoms with E-state index in [-0.39, 0.29) is 0 Å². The summed E-state index contributed by atoms with van der Waals surface area (Å²) >= 11 is 0. The summed E-state index contributed by atoms with van der Waals surface area (Å²) in [5.74, 6) is 1.92. The van der Waals surface area contributed by atoms with Gasteiger partial charge in [0.25, 0.3) is 0 Å². The molecule has 20 heavy (non-hydrogen) atoms. The summed E-state index contributed by atoms with van der Waals surface area (Å²) in [6, 6.07) is 7.19. The van der Waals surface area contributed by atoms with Crippen LogP contribution < -0.4 is 14.2 Å². The first-order valence-corrected chi connectivity index (χ1v) is 6.09. The number of aliphatic hydroxyl groups is 1. The molecule has 1 N–H and O–H groups in total.